The summed E-state index contributed by atoms with van der Waals surface area (Å²) < 4.78 is 17.6. The first-order chi connectivity index (χ1) is 17.2. The average Bonchev–Trinajstić information content (AvgIpc) is 2.85. The maximum absolute atomic E-state index is 14.3. The molecule has 5 rings (SSSR count). The summed E-state index contributed by atoms with van der Waals surface area (Å²) >= 11 is 0. The van der Waals surface area contributed by atoms with Gasteiger partial charge in [-0.15, -0.1) is 0 Å². The smallest absolute Gasteiger partial charge is 0.338 e. The van der Waals surface area contributed by atoms with Gasteiger partial charge in [0.25, 0.3) is 0 Å². The Kier molecular flexibility index (Phi) is 10.3. The first kappa shape index (κ1) is 34.2. The van der Waals surface area contributed by atoms with Gasteiger partial charge in [0.05, 0.1) is 35.9 Å². The molecule has 1 aromatic rings. The van der Waals surface area contributed by atoms with Gasteiger partial charge in [-0.25, -0.2) is 4.79 Å². The summed E-state index contributed by atoms with van der Waals surface area (Å²) in [4.78, 5) is 27.7. The fourth-order valence-corrected chi connectivity index (χ4v) is 7.58. The van der Waals surface area contributed by atoms with Gasteiger partial charge in [-0.2, -0.15) is 0 Å². The molecule has 4 aliphatic rings. The monoisotopic (exact) mass is 970 g/mol. The van der Waals surface area contributed by atoms with Crippen LogP contribution in [0.15, 0.2) is 41.5 Å². The number of hydrogen-bond donors (Lipinski definition) is 4. The van der Waals surface area contributed by atoms with Crippen LogP contribution in [0.4, 0.5) is 0 Å². The molecule has 8 unspecified atom stereocenters. The van der Waals surface area contributed by atoms with Crippen LogP contribution in [0.25, 0.3) is 0 Å². The van der Waals surface area contributed by atoms with Crippen molar-refractivity contribution in [2.45, 2.75) is 82.3 Å². The molecule has 2 saturated carbocycles. The summed E-state index contributed by atoms with van der Waals surface area (Å²) in [6, 6.07) is 8.25. The first-order valence-corrected chi connectivity index (χ1v) is 12.7. The molecule has 0 aromatic heterocycles. The average molecular weight is 971 g/mol. The van der Waals surface area contributed by atoms with E-state index in [1.54, 1.807) is 58.0 Å². The van der Waals surface area contributed by atoms with Gasteiger partial charge in [0.15, 0.2) is 5.78 Å². The number of aliphatic hydroxyl groups excluding tert-OH is 2. The number of rotatable bonds is 3. The molecule has 0 amide bonds. The number of carbonyl (C=O) groups is 2. The second-order valence-electron chi connectivity index (χ2n) is 11.8. The van der Waals surface area contributed by atoms with Crippen molar-refractivity contribution in [3.05, 3.63) is 47.0 Å². The van der Waals surface area contributed by atoms with Gasteiger partial charge in [-0.05, 0) is 37.1 Å². The standard InChI is InChI=1S/C28H36O9.2Ac/c1-14-16(29)12-28(34)23(37-24(32)15-9-7-6-8-10-15)21-26(4,22(31)20(30)19(14)25(28,2)3)17(35-5)11-18-27(21,33)13-36-18;;/h6-10,16-18,20-21,23,29-30,33-34H,11-13H2,1-5H3;;/t16?,17?,18?,20?,21?,23?,26-,27?,28?;;/m1../s1. The molecule has 3 aliphatic carbocycles. The molecular formula is C28H36Ac2O9. The summed E-state index contributed by atoms with van der Waals surface area (Å²) in [7, 11) is 1.44. The van der Waals surface area contributed by atoms with Crippen LogP contribution in [0.5, 0.6) is 0 Å². The van der Waals surface area contributed by atoms with Crippen LogP contribution >= 0.6 is 0 Å². The van der Waals surface area contributed by atoms with Crippen molar-refractivity contribution in [2.75, 3.05) is 13.7 Å². The maximum Gasteiger partial charge on any atom is 0.338 e. The number of aliphatic hydroxyl groups is 4. The Morgan fingerprint density at radius 2 is 1.69 bits per heavy atom. The van der Waals surface area contributed by atoms with Crippen LogP contribution in [-0.2, 0) is 19.0 Å². The minimum absolute atomic E-state index is 0. The molecule has 11 heteroatoms. The van der Waals surface area contributed by atoms with E-state index in [1.165, 1.54) is 7.11 Å². The zero-order valence-electron chi connectivity index (χ0n) is 23.0. The van der Waals surface area contributed by atoms with E-state index in [2.05, 4.69) is 0 Å². The molecule has 9 nitrogen and oxygen atoms in total. The van der Waals surface area contributed by atoms with Crippen molar-refractivity contribution in [1.82, 2.24) is 0 Å². The van der Waals surface area contributed by atoms with E-state index in [0.29, 0.717) is 5.57 Å². The number of fused-ring (bicyclic) bond motifs is 5. The number of ketones is 1. The largest absolute Gasteiger partial charge is 0.455 e. The Hall–Kier alpha value is 0.743. The van der Waals surface area contributed by atoms with Crippen LogP contribution < -0.4 is 0 Å². The van der Waals surface area contributed by atoms with E-state index in [9.17, 15) is 30.0 Å². The first-order valence-electron chi connectivity index (χ1n) is 12.7. The van der Waals surface area contributed by atoms with Crippen molar-refractivity contribution in [3.63, 3.8) is 0 Å². The number of methoxy groups -OCH3 is 1. The molecule has 39 heavy (non-hydrogen) atoms. The third-order valence-corrected chi connectivity index (χ3v) is 9.89. The molecule has 208 valence electrons. The van der Waals surface area contributed by atoms with Gasteiger partial charge >= 0.3 is 5.97 Å². The molecule has 2 bridgehead atoms. The zero-order valence-corrected chi connectivity index (χ0v) is 32.4. The number of carbonyl (C=O) groups excluding carboxylic acids is 2. The molecule has 1 saturated heterocycles. The quantitative estimate of drug-likeness (QED) is 0.260. The molecule has 2 radical (unpaired) electrons. The normalized spacial score (nSPS) is 42.3. The Labute approximate surface area is 300 Å². The third kappa shape index (κ3) is 4.77. The molecular weight excluding hydrogens is 934 g/mol. The van der Waals surface area contributed by atoms with Crippen molar-refractivity contribution in [2.24, 2.45) is 16.7 Å². The van der Waals surface area contributed by atoms with Crippen LogP contribution in [0, 0.1) is 105 Å². The van der Waals surface area contributed by atoms with E-state index in [0.717, 1.165) is 0 Å². The number of Topliss-reactive ketones (excluding diaryl/α,β-unsaturated/α-hetero) is 1. The van der Waals surface area contributed by atoms with Gasteiger partial charge in [-0.1, -0.05) is 32.0 Å². The Bertz CT molecular complexity index is 1160. The fourth-order valence-electron chi connectivity index (χ4n) is 7.58. The fraction of sp³-hybridized carbons (Fsp3) is 0.643. The second-order valence-corrected chi connectivity index (χ2v) is 11.8. The minimum atomic E-state index is -1.97. The van der Waals surface area contributed by atoms with Crippen molar-refractivity contribution in [1.29, 1.82) is 0 Å². The number of hydrogen-bond acceptors (Lipinski definition) is 9. The molecule has 1 aromatic carbocycles. The predicted molar refractivity (Wildman–Crippen MR) is 130 cm³/mol. The van der Waals surface area contributed by atoms with Crippen LogP contribution in [-0.4, -0.2) is 87.6 Å². The second kappa shape index (κ2) is 11.7. The number of esters is 1. The van der Waals surface area contributed by atoms with Gasteiger partial charge in [0, 0.05) is 119 Å². The van der Waals surface area contributed by atoms with Crippen molar-refractivity contribution < 1.29 is 132 Å². The van der Waals surface area contributed by atoms with Crippen molar-refractivity contribution >= 4 is 11.8 Å². The van der Waals surface area contributed by atoms with E-state index in [-0.39, 0.29) is 119 Å². The third-order valence-electron chi connectivity index (χ3n) is 9.89. The van der Waals surface area contributed by atoms with Gasteiger partial charge in [-0.3, -0.25) is 4.79 Å². The van der Waals surface area contributed by atoms with Gasteiger partial charge in [0.1, 0.15) is 23.4 Å². The molecule has 9 atom stereocenters. The van der Waals surface area contributed by atoms with E-state index in [4.69, 9.17) is 14.2 Å². The summed E-state index contributed by atoms with van der Waals surface area (Å²) in [6.07, 6.45) is -5.91. The zero-order chi connectivity index (χ0) is 27.1. The Balaban J connectivity index is 0.00000210. The summed E-state index contributed by atoms with van der Waals surface area (Å²) in [5, 5.41) is 47.1. The summed E-state index contributed by atoms with van der Waals surface area (Å²) in [5.41, 5.74) is -5.69. The SMILES string of the molecule is COC1CC2OCC2(O)C2C(OC(=O)c3ccccc3)C3(O)CC(O)C(C)=C(C(O)C(=O)[C@]12C)C3(C)C.[Ac].[Ac]. The van der Waals surface area contributed by atoms with E-state index in [1.807, 2.05) is 0 Å². The van der Waals surface area contributed by atoms with Crippen molar-refractivity contribution in [3.8, 4) is 0 Å². The molecule has 3 fully saturated rings. The Morgan fingerprint density at radius 3 is 2.23 bits per heavy atom. The topological polar surface area (TPSA) is 143 Å². The van der Waals surface area contributed by atoms with E-state index < -0.39 is 70.2 Å². The minimum Gasteiger partial charge on any atom is -0.455 e. The predicted octanol–water partition coefficient (Wildman–Crippen LogP) is 1.17. The molecule has 0 spiro atoms. The summed E-state index contributed by atoms with van der Waals surface area (Å²) in [5.74, 6) is -2.57. The number of ether oxygens (including phenoxy) is 3. The molecule has 1 heterocycles. The van der Waals surface area contributed by atoms with Gasteiger partial charge in [0.2, 0.25) is 0 Å². The van der Waals surface area contributed by atoms with Crippen LogP contribution in [0.1, 0.15) is 50.9 Å². The molecule has 4 N–H and O–H groups in total. The Morgan fingerprint density at radius 1 is 1.08 bits per heavy atom. The number of benzene rings is 1. The van der Waals surface area contributed by atoms with Gasteiger partial charge < -0.3 is 34.6 Å². The van der Waals surface area contributed by atoms with Crippen LogP contribution in [0.3, 0.4) is 0 Å². The maximum atomic E-state index is 14.3. The molecule has 1 aliphatic heterocycles. The van der Waals surface area contributed by atoms with E-state index >= 15 is 0 Å². The summed E-state index contributed by atoms with van der Waals surface area (Å²) in [6.45, 7) is 6.41. The van der Waals surface area contributed by atoms with Crippen LogP contribution in [0.2, 0.25) is 0 Å².